The maximum atomic E-state index is 12.6. The van der Waals surface area contributed by atoms with E-state index in [1.807, 2.05) is 0 Å². The number of alkyl halides is 3. The third-order valence-electron chi connectivity index (χ3n) is 1.98. The van der Waals surface area contributed by atoms with Crippen LogP contribution in [-0.2, 0) is 13.2 Å². The molecule has 2 aromatic heterocycles. The standard InChI is InChI=1S/C8H4BrClF3N5/c1-18-5(6(9)16-17-18)3-2-4(10)15-7(14-3)8(11,12)13/h2H,1H3. The van der Waals surface area contributed by atoms with Gasteiger partial charge in [0, 0.05) is 13.1 Å². The SMILES string of the molecule is Cn1nnc(Br)c1-c1cc(Cl)nc(C(F)(F)F)n1. The lowest BCUT2D eigenvalue weighted by molar-refractivity contribution is -0.144. The Hall–Kier alpha value is -1.22. The molecule has 0 saturated carbocycles. The maximum absolute atomic E-state index is 12.6. The molecule has 96 valence electrons. The van der Waals surface area contributed by atoms with Crippen molar-refractivity contribution >= 4 is 27.5 Å². The topological polar surface area (TPSA) is 56.5 Å². The fourth-order valence-electron chi connectivity index (χ4n) is 1.27. The number of halogens is 5. The van der Waals surface area contributed by atoms with Crippen molar-refractivity contribution in [3.8, 4) is 11.4 Å². The number of aromatic nitrogens is 5. The molecule has 0 aliphatic heterocycles. The first kappa shape index (κ1) is 13.2. The average Bonchev–Trinajstić information content (AvgIpc) is 2.56. The number of aryl methyl sites for hydroxylation is 1. The largest absolute Gasteiger partial charge is 0.451 e. The zero-order chi connectivity index (χ0) is 13.5. The van der Waals surface area contributed by atoms with Crippen LogP contribution in [0.4, 0.5) is 13.2 Å². The Balaban J connectivity index is 2.63. The summed E-state index contributed by atoms with van der Waals surface area (Å²) in [5.74, 6) is -1.31. The van der Waals surface area contributed by atoms with E-state index in [1.54, 1.807) is 0 Å². The Morgan fingerprint density at radius 1 is 1.33 bits per heavy atom. The third kappa shape index (κ3) is 2.46. The van der Waals surface area contributed by atoms with E-state index < -0.39 is 12.0 Å². The van der Waals surface area contributed by atoms with Gasteiger partial charge in [0.1, 0.15) is 10.8 Å². The highest BCUT2D eigenvalue weighted by Crippen LogP contribution is 2.31. The van der Waals surface area contributed by atoms with Gasteiger partial charge in [-0.05, 0) is 15.9 Å². The van der Waals surface area contributed by atoms with Crippen molar-refractivity contribution < 1.29 is 13.2 Å². The Morgan fingerprint density at radius 3 is 2.50 bits per heavy atom. The highest BCUT2D eigenvalue weighted by Gasteiger charge is 2.35. The van der Waals surface area contributed by atoms with E-state index in [0.717, 1.165) is 0 Å². The van der Waals surface area contributed by atoms with Gasteiger partial charge < -0.3 is 0 Å². The van der Waals surface area contributed by atoms with Crippen molar-refractivity contribution in [2.24, 2.45) is 7.05 Å². The van der Waals surface area contributed by atoms with E-state index in [9.17, 15) is 13.2 Å². The van der Waals surface area contributed by atoms with Gasteiger partial charge in [0.15, 0.2) is 4.60 Å². The normalized spacial score (nSPS) is 11.9. The summed E-state index contributed by atoms with van der Waals surface area (Å²) >= 11 is 8.64. The highest BCUT2D eigenvalue weighted by molar-refractivity contribution is 9.10. The van der Waals surface area contributed by atoms with E-state index >= 15 is 0 Å². The first-order valence-electron chi connectivity index (χ1n) is 4.46. The molecule has 5 nitrogen and oxygen atoms in total. The molecule has 0 aromatic carbocycles. The van der Waals surface area contributed by atoms with Gasteiger partial charge in [0.05, 0.1) is 5.69 Å². The van der Waals surface area contributed by atoms with Crippen LogP contribution >= 0.6 is 27.5 Å². The van der Waals surface area contributed by atoms with Crippen LogP contribution in [0.5, 0.6) is 0 Å². The molecule has 2 heterocycles. The number of rotatable bonds is 1. The molecule has 2 aromatic rings. The summed E-state index contributed by atoms with van der Waals surface area (Å²) in [7, 11) is 1.52. The van der Waals surface area contributed by atoms with Crippen LogP contribution in [0.25, 0.3) is 11.4 Å². The van der Waals surface area contributed by atoms with Crippen LogP contribution in [0.3, 0.4) is 0 Å². The molecule has 2 rings (SSSR count). The Kier molecular flexibility index (Phi) is 3.28. The second-order valence-electron chi connectivity index (χ2n) is 3.25. The van der Waals surface area contributed by atoms with Gasteiger partial charge in [0.2, 0.25) is 5.82 Å². The number of nitrogens with zero attached hydrogens (tertiary/aromatic N) is 5. The lowest BCUT2D eigenvalue weighted by Gasteiger charge is -2.07. The van der Waals surface area contributed by atoms with Crippen molar-refractivity contribution in [2.75, 3.05) is 0 Å². The van der Waals surface area contributed by atoms with Gasteiger partial charge in [0.25, 0.3) is 0 Å². The molecule has 0 saturated heterocycles. The third-order valence-corrected chi connectivity index (χ3v) is 2.70. The molecule has 0 radical (unpaired) electrons. The summed E-state index contributed by atoms with van der Waals surface area (Å²) < 4.78 is 39.2. The van der Waals surface area contributed by atoms with Crippen LogP contribution < -0.4 is 0 Å². The Labute approximate surface area is 112 Å². The predicted octanol–water partition coefficient (Wildman–Crippen LogP) is 2.71. The van der Waals surface area contributed by atoms with Crippen molar-refractivity contribution in [1.82, 2.24) is 25.0 Å². The Morgan fingerprint density at radius 2 is 2.00 bits per heavy atom. The molecule has 0 bridgehead atoms. The van der Waals surface area contributed by atoms with Crippen molar-refractivity contribution in [3.05, 3.63) is 21.6 Å². The second-order valence-corrected chi connectivity index (χ2v) is 4.39. The molecule has 10 heteroatoms. The van der Waals surface area contributed by atoms with E-state index in [1.165, 1.54) is 17.8 Å². The minimum Gasteiger partial charge on any atom is -0.245 e. The minimum atomic E-state index is -4.67. The molecule has 0 amide bonds. The Bertz CT molecular complexity index is 577. The molecule has 0 atom stereocenters. The zero-order valence-corrected chi connectivity index (χ0v) is 11.0. The summed E-state index contributed by atoms with van der Waals surface area (Å²) in [4.78, 5) is 6.56. The molecule has 18 heavy (non-hydrogen) atoms. The monoisotopic (exact) mass is 341 g/mol. The molecule has 0 unspecified atom stereocenters. The van der Waals surface area contributed by atoms with E-state index in [2.05, 4.69) is 36.2 Å². The summed E-state index contributed by atoms with van der Waals surface area (Å²) in [6.07, 6.45) is -4.67. The quantitative estimate of drug-likeness (QED) is 0.748. The van der Waals surface area contributed by atoms with Gasteiger partial charge in [-0.3, -0.25) is 0 Å². The minimum absolute atomic E-state index is 0.0123. The van der Waals surface area contributed by atoms with Gasteiger partial charge in [-0.2, -0.15) is 13.2 Å². The molecular weight excluding hydrogens is 338 g/mol. The van der Waals surface area contributed by atoms with Gasteiger partial charge >= 0.3 is 6.18 Å². The van der Waals surface area contributed by atoms with Gasteiger partial charge in [-0.25, -0.2) is 14.6 Å². The molecule has 0 fully saturated rings. The average molecular weight is 343 g/mol. The van der Waals surface area contributed by atoms with E-state index in [4.69, 9.17) is 11.6 Å². The number of hydrogen-bond acceptors (Lipinski definition) is 4. The van der Waals surface area contributed by atoms with Gasteiger partial charge in [-0.1, -0.05) is 16.8 Å². The predicted molar refractivity (Wildman–Crippen MR) is 59.7 cm³/mol. The lowest BCUT2D eigenvalue weighted by atomic mass is 10.3. The summed E-state index contributed by atoms with van der Waals surface area (Å²) in [6, 6.07) is 1.21. The van der Waals surface area contributed by atoms with Crippen LogP contribution in [0, 0.1) is 0 Å². The van der Waals surface area contributed by atoms with Crippen LogP contribution in [0.2, 0.25) is 5.15 Å². The fourth-order valence-corrected chi connectivity index (χ4v) is 1.98. The molecule has 0 spiro atoms. The highest BCUT2D eigenvalue weighted by atomic mass is 79.9. The second kappa shape index (κ2) is 4.47. The van der Waals surface area contributed by atoms with Crippen LogP contribution in [0.15, 0.2) is 10.7 Å². The summed E-state index contributed by atoms with van der Waals surface area (Å²) in [5.41, 5.74) is 0.270. The van der Waals surface area contributed by atoms with E-state index in [0.29, 0.717) is 0 Å². The first-order valence-corrected chi connectivity index (χ1v) is 5.63. The van der Waals surface area contributed by atoms with Crippen molar-refractivity contribution in [2.45, 2.75) is 6.18 Å². The first-order chi connectivity index (χ1) is 8.29. The summed E-state index contributed by atoms with van der Waals surface area (Å²) in [6.45, 7) is 0. The number of hydrogen-bond donors (Lipinski definition) is 0. The zero-order valence-electron chi connectivity index (χ0n) is 8.70. The smallest absolute Gasteiger partial charge is 0.245 e. The van der Waals surface area contributed by atoms with E-state index in [-0.39, 0.29) is 21.1 Å². The maximum Gasteiger partial charge on any atom is 0.451 e. The molecule has 0 aliphatic carbocycles. The van der Waals surface area contributed by atoms with Gasteiger partial charge in [-0.15, -0.1) is 5.10 Å². The lowest BCUT2D eigenvalue weighted by Crippen LogP contribution is -2.12. The molecular formula is C8H4BrClF3N5. The van der Waals surface area contributed by atoms with Crippen LogP contribution in [0.1, 0.15) is 5.82 Å². The molecule has 0 N–H and O–H groups in total. The summed E-state index contributed by atoms with van der Waals surface area (Å²) in [5, 5.41) is 7.00. The van der Waals surface area contributed by atoms with Crippen molar-refractivity contribution in [3.63, 3.8) is 0 Å². The van der Waals surface area contributed by atoms with Crippen molar-refractivity contribution in [1.29, 1.82) is 0 Å². The van der Waals surface area contributed by atoms with Crippen LogP contribution in [-0.4, -0.2) is 25.0 Å². The molecule has 0 aliphatic rings. The fraction of sp³-hybridized carbons (Fsp3) is 0.250.